The number of nitrogens with one attached hydrogen (secondary N) is 2. The van der Waals surface area contributed by atoms with Crippen molar-refractivity contribution < 1.29 is 36.2 Å². The summed E-state index contributed by atoms with van der Waals surface area (Å²) in [5.74, 6) is 0.271. The predicted octanol–water partition coefficient (Wildman–Crippen LogP) is 2.83. The van der Waals surface area contributed by atoms with Crippen LogP contribution in [-0.4, -0.2) is 77.5 Å². The minimum absolute atomic E-state index is 0.0785. The van der Waals surface area contributed by atoms with Crippen LogP contribution in [0.25, 0.3) is 0 Å². The molecule has 1 fully saturated rings. The van der Waals surface area contributed by atoms with Gasteiger partial charge >= 0.3 is 6.18 Å². The number of pyridine rings is 1. The van der Waals surface area contributed by atoms with Gasteiger partial charge < -0.3 is 24.6 Å². The predicted molar refractivity (Wildman–Crippen MR) is 125 cm³/mol. The zero-order valence-corrected chi connectivity index (χ0v) is 20.4. The van der Waals surface area contributed by atoms with Crippen molar-refractivity contribution in [1.82, 2.24) is 20.1 Å². The molecule has 2 atom stereocenters. The number of aromatic amines is 1. The van der Waals surface area contributed by atoms with Crippen LogP contribution in [0.4, 0.5) is 33.5 Å². The number of anilines is 2. The van der Waals surface area contributed by atoms with Crippen LogP contribution in [0.15, 0.2) is 23.3 Å². The number of fused-ring (bicyclic) bond motifs is 3. The van der Waals surface area contributed by atoms with Gasteiger partial charge in [0.05, 0.1) is 49.7 Å². The largest absolute Gasteiger partial charge is 0.490 e. The normalized spacial score (nSPS) is 18.3. The fourth-order valence-corrected chi connectivity index (χ4v) is 4.45. The van der Waals surface area contributed by atoms with Crippen molar-refractivity contribution in [3.8, 4) is 5.75 Å². The van der Waals surface area contributed by atoms with Crippen molar-refractivity contribution in [2.75, 3.05) is 49.7 Å². The van der Waals surface area contributed by atoms with E-state index in [1.54, 1.807) is 11.8 Å². The third-order valence-corrected chi connectivity index (χ3v) is 6.32. The highest BCUT2D eigenvalue weighted by Gasteiger charge is 2.36. The molecule has 2 aromatic heterocycles. The molecule has 1 saturated heterocycles. The molecule has 4 rings (SSSR count). The second-order valence-electron chi connectivity index (χ2n) is 9.07. The Bertz CT molecular complexity index is 1190. The van der Waals surface area contributed by atoms with Gasteiger partial charge in [-0.15, -0.1) is 0 Å². The van der Waals surface area contributed by atoms with Gasteiger partial charge in [-0.25, -0.2) is 18.9 Å². The summed E-state index contributed by atoms with van der Waals surface area (Å²) in [5.41, 5.74) is -2.65. The molecule has 2 N–H and O–H groups in total. The number of hydrogen-bond acceptors (Lipinski definition) is 8. The minimum atomic E-state index is -4.52. The highest BCUT2D eigenvalue weighted by Crippen LogP contribution is 2.38. The SMILES string of the molecule is C[C@@H](COCCC(=O)N1CCN2c3ncc(C(F)(F)F)cc3OCC[C@H]2C1)Nc1cn[nH]c(=O)c1C(F)F. The minimum Gasteiger partial charge on any atom is -0.490 e. The number of halogens is 5. The molecule has 0 radical (unpaired) electrons. The van der Waals surface area contributed by atoms with Gasteiger partial charge in [0.25, 0.3) is 12.0 Å². The topological polar surface area (TPSA) is 113 Å². The molecular weight excluding hydrogens is 519 g/mol. The molecular formula is C23H27F5N6O4. The molecule has 1 amide bonds. The van der Waals surface area contributed by atoms with E-state index in [1.807, 2.05) is 10.00 Å². The Hall–Kier alpha value is -3.49. The van der Waals surface area contributed by atoms with Gasteiger partial charge in [-0.05, 0) is 13.0 Å². The van der Waals surface area contributed by atoms with Crippen molar-refractivity contribution in [2.45, 2.75) is 44.5 Å². The smallest absolute Gasteiger partial charge is 0.418 e. The Kier molecular flexibility index (Phi) is 8.33. The number of alkyl halides is 5. The van der Waals surface area contributed by atoms with Crippen molar-refractivity contribution in [1.29, 1.82) is 0 Å². The first-order valence-electron chi connectivity index (χ1n) is 12.0. The number of rotatable bonds is 8. The van der Waals surface area contributed by atoms with Crippen LogP contribution in [0.1, 0.15) is 37.3 Å². The average Bonchev–Trinajstić information content (AvgIpc) is 3.04. The van der Waals surface area contributed by atoms with Crippen LogP contribution in [-0.2, 0) is 15.7 Å². The maximum atomic E-state index is 13.2. The van der Waals surface area contributed by atoms with Crippen LogP contribution < -0.4 is 20.5 Å². The van der Waals surface area contributed by atoms with E-state index in [4.69, 9.17) is 9.47 Å². The third-order valence-electron chi connectivity index (χ3n) is 6.32. The van der Waals surface area contributed by atoms with Gasteiger partial charge in [0.2, 0.25) is 5.91 Å². The Balaban J connectivity index is 1.26. The second-order valence-corrected chi connectivity index (χ2v) is 9.07. The monoisotopic (exact) mass is 546 g/mol. The Morgan fingerprint density at radius 2 is 2.11 bits per heavy atom. The summed E-state index contributed by atoms with van der Waals surface area (Å²) in [6.45, 7) is 3.19. The van der Waals surface area contributed by atoms with Crippen LogP contribution >= 0.6 is 0 Å². The first-order valence-corrected chi connectivity index (χ1v) is 12.0. The number of carbonyl (C=O) groups excluding carboxylic acids is 1. The van der Waals surface area contributed by atoms with Crippen LogP contribution in [0, 0.1) is 0 Å². The Labute approximate surface area is 214 Å². The molecule has 2 aromatic rings. The number of aromatic nitrogens is 3. The summed E-state index contributed by atoms with van der Waals surface area (Å²) in [7, 11) is 0. The highest BCUT2D eigenvalue weighted by molar-refractivity contribution is 5.76. The summed E-state index contributed by atoms with van der Waals surface area (Å²) < 4.78 is 76.5. The van der Waals surface area contributed by atoms with Gasteiger partial charge in [-0.2, -0.15) is 18.3 Å². The number of amides is 1. The number of piperazine rings is 1. The van der Waals surface area contributed by atoms with E-state index in [1.165, 1.54) is 0 Å². The quantitative estimate of drug-likeness (QED) is 0.384. The van der Waals surface area contributed by atoms with Crippen molar-refractivity contribution in [2.24, 2.45) is 0 Å². The van der Waals surface area contributed by atoms with Gasteiger partial charge in [-0.3, -0.25) is 9.59 Å². The lowest BCUT2D eigenvalue weighted by molar-refractivity contribution is -0.138. The standard InChI is InChI=1S/C23H27F5N6O4/c1-13(31-16-10-30-32-22(36)19(16)20(24)25)12-37-6-3-18(35)33-4-5-34-15(11-33)2-7-38-17-8-14(23(26,27)28)9-29-21(17)34/h8-10,13,15,20H,2-7,11-12H2,1H3,(H2,31,32,36)/t13-,15-/m0/s1. The fraction of sp³-hybridized carbons (Fsp3) is 0.565. The first-order chi connectivity index (χ1) is 18.0. The van der Waals surface area contributed by atoms with Gasteiger partial charge in [0.15, 0.2) is 11.6 Å². The van der Waals surface area contributed by atoms with Gasteiger partial charge in [0.1, 0.15) is 5.56 Å². The van der Waals surface area contributed by atoms with E-state index in [0.717, 1.165) is 18.5 Å². The maximum Gasteiger partial charge on any atom is 0.418 e. The molecule has 0 unspecified atom stereocenters. The first kappa shape index (κ1) is 27.5. The molecule has 2 aliphatic rings. The van der Waals surface area contributed by atoms with Gasteiger partial charge in [-0.1, -0.05) is 0 Å². The molecule has 0 saturated carbocycles. The molecule has 208 valence electrons. The van der Waals surface area contributed by atoms with Crippen molar-refractivity contribution in [3.63, 3.8) is 0 Å². The lowest BCUT2D eigenvalue weighted by Crippen LogP contribution is -2.55. The Morgan fingerprint density at radius 1 is 1.32 bits per heavy atom. The summed E-state index contributed by atoms with van der Waals surface area (Å²) in [6, 6.07) is 0.358. The van der Waals surface area contributed by atoms with Crippen molar-refractivity contribution in [3.05, 3.63) is 39.9 Å². The molecule has 10 nitrogen and oxygen atoms in total. The molecule has 2 aliphatic heterocycles. The number of H-pyrrole nitrogens is 1. The average molecular weight is 546 g/mol. The summed E-state index contributed by atoms with van der Waals surface area (Å²) in [6.07, 6.45) is -5.00. The zero-order valence-electron chi connectivity index (χ0n) is 20.4. The molecule has 0 aromatic carbocycles. The molecule has 38 heavy (non-hydrogen) atoms. The number of nitrogens with zero attached hydrogens (tertiary/aromatic N) is 4. The number of ether oxygens (including phenoxy) is 2. The van der Waals surface area contributed by atoms with Crippen molar-refractivity contribution >= 4 is 17.4 Å². The summed E-state index contributed by atoms with van der Waals surface area (Å²) >= 11 is 0. The van der Waals surface area contributed by atoms with Crippen LogP contribution in [0.5, 0.6) is 5.75 Å². The zero-order chi connectivity index (χ0) is 27.4. The van der Waals surface area contributed by atoms with E-state index in [0.29, 0.717) is 31.9 Å². The third kappa shape index (κ3) is 6.31. The molecule has 4 heterocycles. The summed E-state index contributed by atoms with van der Waals surface area (Å²) in [5, 5.41) is 8.27. The number of hydrogen-bond donors (Lipinski definition) is 2. The highest BCUT2D eigenvalue weighted by atomic mass is 19.4. The summed E-state index contributed by atoms with van der Waals surface area (Å²) in [4.78, 5) is 31.9. The maximum absolute atomic E-state index is 13.2. The Morgan fingerprint density at radius 3 is 2.84 bits per heavy atom. The van der Waals surface area contributed by atoms with Crippen LogP contribution in [0.2, 0.25) is 0 Å². The molecule has 15 heteroatoms. The van der Waals surface area contributed by atoms with E-state index >= 15 is 0 Å². The molecule has 0 aliphatic carbocycles. The van der Waals surface area contributed by atoms with Gasteiger partial charge in [0, 0.05) is 38.3 Å². The second kappa shape index (κ2) is 11.5. The lowest BCUT2D eigenvalue weighted by Gasteiger charge is -2.41. The molecule has 0 spiro atoms. The molecule has 0 bridgehead atoms. The van der Waals surface area contributed by atoms with E-state index < -0.39 is 35.3 Å². The lowest BCUT2D eigenvalue weighted by atomic mass is 10.1. The van der Waals surface area contributed by atoms with E-state index in [2.05, 4.69) is 15.4 Å². The number of carbonyl (C=O) groups is 1. The van der Waals surface area contributed by atoms with Crippen LogP contribution in [0.3, 0.4) is 0 Å². The van der Waals surface area contributed by atoms with E-state index in [9.17, 15) is 31.5 Å². The fourth-order valence-electron chi connectivity index (χ4n) is 4.45. The van der Waals surface area contributed by atoms with E-state index in [-0.39, 0.29) is 49.6 Å².